The van der Waals surface area contributed by atoms with Gasteiger partial charge >= 0.3 is 6.61 Å². The van der Waals surface area contributed by atoms with Crippen molar-refractivity contribution in [3.63, 3.8) is 0 Å². The molecule has 0 spiro atoms. The Balaban J connectivity index is 1.75. The topological polar surface area (TPSA) is 89.0 Å². The molecule has 0 aliphatic heterocycles. The van der Waals surface area contributed by atoms with Gasteiger partial charge in [0.05, 0.1) is 11.9 Å². The van der Waals surface area contributed by atoms with Gasteiger partial charge in [-0.05, 0) is 31.2 Å². The monoisotopic (exact) mass is 360 g/mol. The zero-order valence-electron chi connectivity index (χ0n) is 13.6. The first kappa shape index (κ1) is 17.3. The molecule has 134 valence electrons. The van der Waals surface area contributed by atoms with Crippen LogP contribution in [0, 0.1) is 6.92 Å². The quantitative estimate of drug-likeness (QED) is 0.732. The summed E-state index contributed by atoms with van der Waals surface area (Å²) in [5, 5.41) is 5.18. The molecule has 3 aromatic rings. The minimum Gasteiger partial charge on any atom is -0.433 e. The highest BCUT2D eigenvalue weighted by atomic mass is 19.3. The van der Waals surface area contributed by atoms with Crippen molar-refractivity contribution in [2.75, 3.05) is 5.32 Å². The van der Waals surface area contributed by atoms with E-state index < -0.39 is 18.1 Å². The molecule has 0 aliphatic carbocycles. The average Bonchev–Trinajstić information content (AvgIpc) is 2.99. The number of alkyl halides is 2. The third-order valence-electron chi connectivity index (χ3n) is 3.46. The van der Waals surface area contributed by atoms with Crippen LogP contribution in [0.3, 0.4) is 0 Å². The summed E-state index contributed by atoms with van der Waals surface area (Å²) in [4.78, 5) is 28.1. The fraction of sp³-hybridized carbons (Fsp3) is 0.118. The number of nitrogens with zero attached hydrogens (tertiary/aromatic N) is 2. The Morgan fingerprint density at radius 1 is 1.23 bits per heavy atom. The summed E-state index contributed by atoms with van der Waals surface area (Å²) >= 11 is 0. The van der Waals surface area contributed by atoms with Crippen molar-refractivity contribution in [1.29, 1.82) is 0 Å². The third kappa shape index (κ3) is 3.94. The molecular weight excluding hydrogens is 346 g/mol. The Labute approximate surface area is 146 Å². The predicted molar refractivity (Wildman–Crippen MR) is 89.9 cm³/mol. The highest BCUT2D eigenvalue weighted by Crippen LogP contribution is 2.15. The van der Waals surface area contributed by atoms with Crippen LogP contribution >= 0.6 is 0 Å². The number of benzene rings is 1. The van der Waals surface area contributed by atoms with E-state index in [4.69, 9.17) is 0 Å². The fourth-order valence-electron chi connectivity index (χ4n) is 2.21. The maximum atomic E-state index is 12.2. The maximum absolute atomic E-state index is 12.2. The number of aromatic amines is 1. The minimum atomic E-state index is -2.95. The second kappa shape index (κ2) is 7.18. The SMILES string of the molecule is Cc1ccc(-n2[nH]c(C(=O)Nc3ccc(OC(F)F)cn3)cc2=O)cc1. The van der Waals surface area contributed by atoms with Gasteiger partial charge in [0.25, 0.3) is 11.5 Å². The number of carbonyl (C=O) groups is 1. The molecule has 7 nitrogen and oxygen atoms in total. The smallest absolute Gasteiger partial charge is 0.387 e. The van der Waals surface area contributed by atoms with Gasteiger partial charge in [-0.25, -0.2) is 9.67 Å². The summed E-state index contributed by atoms with van der Waals surface area (Å²) < 4.78 is 29.6. The second-order valence-electron chi connectivity index (χ2n) is 5.39. The molecule has 0 unspecified atom stereocenters. The van der Waals surface area contributed by atoms with Gasteiger partial charge in [0.1, 0.15) is 17.3 Å². The van der Waals surface area contributed by atoms with Crippen molar-refractivity contribution in [3.8, 4) is 11.4 Å². The third-order valence-corrected chi connectivity index (χ3v) is 3.46. The normalized spacial score (nSPS) is 10.8. The number of nitrogens with one attached hydrogen (secondary N) is 2. The van der Waals surface area contributed by atoms with Crippen molar-refractivity contribution in [2.45, 2.75) is 13.5 Å². The van der Waals surface area contributed by atoms with E-state index in [2.05, 4.69) is 20.1 Å². The standard InChI is InChI=1S/C17H14F2N4O3/c1-10-2-4-11(5-3-10)23-15(24)8-13(22-23)16(25)21-14-7-6-12(9-20-14)26-17(18)19/h2-9,17,22H,1H3,(H,20,21,25). The second-order valence-corrected chi connectivity index (χ2v) is 5.39. The van der Waals surface area contributed by atoms with E-state index >= 15 is 0 Å². The molecule has 26 heavy (non-hydrogen) atoms. The molecule has 2 N–H and O–H groups in total. The summed E-state index contributed by atoms with van der Waals surface area (Å²) in [6.07, 6.45) is 1.06. The summed E-state index contributed by atoms with van der Waals surface area (Å²) in [5.41, 5.74) is 1.26. The van der Waals surface area contributed by atoms with E-state index in [1.807, 2.05) is 19.1 Å². The van der Waals surface area contributed by atoms with E-state index in [9.17, 15) is 18.4 Å². The van der Waals surface area contributed by atoms with Crippen LogP contribution in [-0.2, 0) is 0 Å². The molecule has 0 saturated carbocycles. The van der Waals surface area contributed by atoms with Gasteiger partial charge < -0.3 is 10.1 Å². The number of halogens is 2. The van der Waals surface area contributed by atoms with Crippen LogP contribution in [0.25, 0.3) is 5.69 Å². The molecule has 9 heteroatoms. The largest absolute Gasteiger partial charge is 0.433 e. The molecule has 2 aromatic heterocycles. The highest BCUT2D eigenvalue weighted by Gasteiger charge is 2.13. The van der Waals surface area contributed by atoms with Crippen LogP contribution in [0.5, 0.6) is 5.75 Å². The Kier molecular flexibility index (Phi) is 4.78. The molecule has 1 amide bonds. The lowest BCUT2D eigenvalue weighted by Crippen LogP contribution is -2.15. The Morgan fingerprint density at radius 2 is 1.96 bits per heavy atom. The Morgan fingerprint density at radius 3 is 2.58 bits per heavy atom. The molecule has 2 heterocycles. The minimum absolute atomic E-state index is 0.0327. The van der Waals surface area contributed by atoms with Crippen LogP contribution < -0.4 is 15.6 Å². The van der Waals surface area contributed by atoms with E-state index in [0.717, 1.165) is 17.8 Å². The number of H-pyrrole nitrogens is 1. The zero-order valence-corrected chi connectivity index (χ0v) is 13.6. The Bertz CT molecular complexity index is 963. The average molecular weight is 360 g/mol. The highest BCUT2D eigenvalue weighted by molar-refractivity contribution is 6.02. The summed E-state index contributed by atoms with van der Waals surface area (Å²) in [6.45, 7) is -1.03. The molecule has 0 saturated heterocycles. The Hall–Kier alpha value is -3.49. The lowest BCUT2D eigenvalue weighted by atomic mass is 10.2. The first-order valence-corrected chi connectivity index (χ1v) is 7.54. The fourth-order valence-corrected chi connectivity index (χ4v) is 2.21. The van der Waals surface area contributed by atoms with Crippen LogP contribution in [0.4, 0.5) is 14.6 Å². The predicted octanol–water partition coefficient (Wildman–Crippen LogP) is 2.72. The maximum Gasteiger partial charge on any atom is 0.387 e. The van der Waals surface area contributed by atoms with Crippen molar-refractivity contribution in [2.24, 2.45) is 0 Å². The van der Waals surface area contributed by atoms with Crippen LogP contribution in [0.2, 0.25) is 0 Å². The number of amides is 1. The lowest BCUT2D eigenvalue weighted by Gasteiger charge is -2.06. The van der Waals surface area contributed by atoms with Crippen molar-refractivity contribution >= 4 is 11.7 Å². The van der Waals surface area contributed by atoms with Crippen LogP contribution in [-0.4, -0.2) is 27.3 Å². The molecule has 0 atom stereocenters. The molecule has 0 bridgehead atoms. The van der Waals surface area contributed by atoms with Gasteiger partial charge in [-0.3, -0.25) is 14.7 Å². The van der Waals surface area contributed by atoms with E-state index in [1.54, 1.807) is 12.1 Å². The number of aromatic nitrogens is 3. The van der Waals surface area contributed by atoms with Crippen LogP contribution in [0.1, 0.15) is 16.1 Å². The summed E-state index contributed by atoms with van der Waals surface area (Å²) in [5.74, 6) is -0.597. The van der Waals surface area contributed by atoms with Crippen LogP contribution in [0.15, 0.2) is 53.5 Å². The summed E-state index contributed by atoms with van der Waals surface area (Å²) in [6, 6.07) is 10.9. The number of carbonyl (C=O) groups excluding carboxylic acids is 1. The molecule has 0 fully saturated rings. The number of hydrogen-bond acceptors (Lipinski definition) is 4. The van der Waals surface area contributed by atoms with Crippen molar-refractivity contribution < 1.29 is 18.3 Å². The van der Waals surface area contributed by atoms with Gasteiger partial charge in [-0.1, -0.05) is 17.7 Å². The molecule has 0 aliphatic rings. The molecule has 0 radical (unpaired) electrons. The molecule has 3 rings (SSSR count). The van der Waals surface area contributed by atoms with E-state index in [0.29, 0.717) is 5.69 Å². The van der Waals surface area contributed by atoms with Gasteiger partial charge in [-0.15, -0.1) is 0 Å². The van der Waals surface area contributed by atoms with E-state index in [1.165, 1.54) is 16.8 Å². The lowest BCUT2D eigenvalue weighted by molar-refractivity contribution is -0.0500. The first-order valence-electron chi connectivity index (χ1n) is 7.54. The molecular formula is C17H14F2N4O3. The van der Waals surface area contributed by atoms with E-state index in [-0.39, 0.29) is 17.3 Å². The first-order chi connectivity index (χ1) is 12.4. The number of pyridine rings is 1. The number of ether oxygens (including phenoxy) is 1. The van der Waals surface area contributed by atoms with Crippen molar-refractivity contribution in [1.82, 2.24) is 14.8 Å². The number of hydrogen-bond donors (Lipinski definition) is 2. The summed E-state index contributed by atoms with van der Waals surface area (Å²) in [7, 11) is 0. The number of anilines is 1. The number of rotatable bonds is 5. The van der Waals surface area contributed by atoms with Crippen molar-refractivity contribution in [3.05, 3.63) is 70.3 Å². The van der Waals surface area contributed by atoms with Gasteiger partial charge in [0.2, 0.25) is 0 Å². The van der Waals surface area contributed by atoms with Gasteiger partial charge in [0, 0.05) is 6.07 Å². The van der Waals surface area contributed by atoms with Gasteiger partial charge in [0.15, 0.2) is 0 Å². The molecule has 1 aromatic carbocycles. The van der Waals surface area contributed by atoms with Gasteiger partial charge in [-0.2, -0.15) is 8.78 Å². The number of aryl methyl sites for hydroxylation is 1. The zero-order chi connectivity index (χ0) is 18.7.